The summed E-state index contributed by atoms with van der Waals surface area (Å²) >= 11 is 0. The number of hydrogen-bond acceptors (Lipinski definition) is 3. The first-order valence-electron chi connectivity index (χ1n) is 5.60. The third-order valence-electron chi connectivity index (χ3n) is 2.98. The van der Waals surface area contributed by atoms with E-state index in [0.717, 1.165) is 19.5 Å². The van der Waals surface area contributed by atoms with E-state index in [1.807, 2.05) is 7.05 Å². The Morgan fingerprint density at radius 2 is 2.13 bits per heavy atom. The van der Waals surface area contributed by atoms with Crippen LogP contribution in [0, 0.1) is 0 Å². The lowest BCUT2D eigenvalue weighted by Crippen LogP contribution is -2.26. The number of nitrogens with zero attached hydrogens (tertiary/aromatic N) is 3. The van der Waals surface area contributed by atoms with Crippen molar-refractivity contribution < 1.29 is 0 Å². The zero-order valence-corrected chi connectivity index (χ0v) is 10.0. The van der Waals surface area contributed by atoms with Gasteiger partial charge >= 0.3 is 0 Å². The number of fused-ring (bicyclic) bond motifs is 1. The molecule has 0 saturated heterocycles. The molecule has 0 spiro atoms. The molecule has 2 heterocycles. The molecule has 0 bridgehead atoms. The summed E-state index contributed by atoms with van der Waals surface area (Å²) in [5.74, 6) is 1.19. The summed E-state index contributed by atoms with van der Waals surface area (Å²) in [6, 6.07) is 0.420. The molecule has 15 heavy (non-hydrogen) atoms. The molecular weight excluding hydrogens is 188 g/mol. The zero-order valence-electron chi connectivity index (χ0n) is 10.0. The highest BCUT2D eigenvalue weighted by atomic mass is 15.4. The van der Waals surface area contributed by atoms with Gasteiger partial charge in [-0.25, -0.2) is 4.68 Å². The Morgan fingerprint density at radius 1 is 1.40 bits per heavy atom. The van der Waals surface area contributed by atoms with Crippen molar-refractivity contribution in [3.05, 3.63) is 11.3 Å². The molecule has 1 N–H and O–H groups in total. The van der Waals surface area contributed by atoms with Crippen LogP contribution in [0.3, 0.4) is 0 Å². The number of nitrogens with one attached hydrogen (secondary N) is 1. The molecule has 1 aromatic heterocycles. The van der Waals surface area contributed by atoms with E-state index in [-0.39, 0.29) is 0 Å². The fraction of sp³-hybridized carbons (Fsp3) is 0.727. The molecular formula is C11H20N4. The summed E-state index contributed by atoms with van der Waals surface area (Å²) in [6.45, 7) is 6.47. The summed E-state index contributed by atoms with van der Waals surface area (Å²) < 4.78 is 2.10. The molecule has 1 aliphatic rings. The molecule has 4 heteroatoms. The van der Waals surface area contributed by atoms with Crippen LogP contribution in [-0.4, -0.2) is 35.3 Å². The highest BCUT2D eigenvalue weighted by Gasteiger charge is 2.22. The van der Waals surface area contributed by atoms with E-state index in [1.54, 1.807) is 0 Å². The van der Waals surface area contributed by atoms with Crippen molar-refractivity contribution in [1.82, 2.24) is 14.7 Å². The molecule has 0 unspecified atom stereocenters. The number of anilines is 1. The fourth-order valence-corrected chi connectivity index (χ4v) is 2.17. The maximum atomic E-state index is 4.68. The van der Waals surface area contributed by atoms with Crippen LogP contribution in [0.1, 0.15) is 31.1 Å². The minimum Gasteiger partial charge on any atom is -0.373 e. The van der Waals surface area contributed by atoms with Crippen LogP contribution >= 0.6 is 0 Å². The van der Waals surface area contributed by atoms with Crippen LogP contribution in [0.15, 0.2) is 0 Å². The van der Waals surface area contributed by atoms with Gasteiger partial charge in [-0.1, -0.05) is 0 Å². The molecule has 0 saturated carbocycles. The predicted octanol–water partition coefficient (Wildman–Crippen LogP) is 1.49. The summed E-state index contributed by atoms with van der Waals surface area (Å²) in [5, 5.41) is 7.96. The highest BCUT2D eigenvalue weighted by molar-refractivity contribution is 5.48. The summed E-state index contributed by atoms with van der Waals surface area (Å²) in [5.41, 5.74) is 2.64. The Balaban J connectivity index is 2.44. The van der Waals surface area contributed by atoms with Crippen LogP contribution in [0.25, 0.3) is 0 Å². The summed E-state index contributed by atoms with van der Waals surface area (Å²) in [7, 11) is 4.14. The second-order valence-electron chi connectivity index (χ2n) is 4.55. The van der Waals surface area contributed by atoms with E-state index >= 15 is 0 Å². The van der Waals surface area contributed by atoms with Crippen molar-refractivity contribution in [2.45, 2.75) is 32.9 Å². The monoisotopic (exact) mass is 208 g/mol. The van der Waals surface area contributed by atoms with Crippen molar-refractivity contribution in [2.75, 3.05) is 26.0 Å². The Hall–Kier alpha value is -1.03. The molecule has 0 radical (unpaired) electrons. The number of likely N-dealkylation sites (N-methyl/N-ethyl adjacent to an activating group) is 1. The van der Waals surface area contributed by atoms with Gasteiger partial charge in [0.2, 0.25) is 0 Å². The minimum absolute atomic E-state index is 0.420. The van der Waals surface area contributed by atoms with Gasteiger partial charge in [0, 0.05) is 38.2 Å². The third-order valence-corrected chi connectivity index (χ3v) is 2.98. The largest absolute Gasteiger partial charge is 0.373 e. The molecule has 0 aromatic carbocycles. The van der Waals surface area contributed by atoms with Crippen LogP contribution in [-0.2, 0) is 13.0 Å². The average molecular weight is 208 g/mol. The normalized spacial score (nSPS) is 16.9. The lowest BCUT2D eigenvalue weighted by Gasteiger charge is -2.22. The second kappa shape index (κ2) is 3.85. The Labute approximate surface area is 91.3 Å². The number of hydrogen-bond donors (Lipinski definition) is 1. The van der Waals surface area contributed by atoms with Gasteiger partial charge < -0.3 is 10.2 Å². The molecule has 0 atom stereocenters. The standard InChI is InChI=1S/C11H20N4/c1-8(2)15-11(12-3)9-7-14(4)6-5-10(9)13-15/h8,12H,5-7H2,1-4H3. The smallest absolute Gasteiger partial charge is 0.129 e. The van der Waals surface area contributed by atoms with Crippen molar-refractivity contribution in [1.29, 1.82) is 0 Å². The molecule has 0 aliphatic carbocycles. The first kappa shape index (κ1) is 10.5. The average Bonchev–Trinajstić information content (AvgIpc) is 2.55. The van der Waals surface area contributed by atoms with E-state index in [2.05, 4.69) is 40.9 Å². The maximum Gasteiger partial charge on any atom is 0.129 e. The van der Waals surface area contributed by atoms with Crippen LogP contribution in [0.4, 0.5) is 5.82 Å². The molecule has 1 aliphatic heterocycles. The second-order valence-corrected chi connectivity index (χ2v) is 4.55. The van der Waals surface area contributed by atoms with E-state index < -0.39 is 0 Å². The van der Waals surface area contributed by atoms with E-state index in [0.29, 0.717) is 6.04 Å². The first-order valence-corrected chi connectivity index (χ1v) is 5.60. The van der Waals surface area contributed by atoms with Crippen molar-refractivity contribution >= 4 is 5.82 Å². The van der Waals surface area contributed by atoms with Gasteiger partial charge in [0.15, 0.2) is 0 Å². The van der Waals surface area contributed by atoms with Gasteiger partial charge in [0.25, 0.3) is 0 Å². The maximum absolute atomic E-state index is 4.68. The summed E-state index contributed by atoms with van der Waals surface area (Å²) in [4.78, 5) is 2.34. The van der Waals surface area contributed by atoms with Gasteiger partial charge in [0.05, 0.1) is 5.69 Å². The molecule has 0 fully saturated rings. The van der Waals surface area contributed by atoms with E-state index in [4.69, 9.17) is 0 Å². The topological polar surface area (TPSA) is 33.1 Å². The molecule has 1 aromatic rings. The fourth-order valence-electron chi connectivity index (χ4n) is 2.17. The van der Waals surface area contributed by atoms with E-state index in [9.17, 15) is 0 Å². The molecule has 4 nitrogen and oxygen atoms in total. The predicted molar refractivity (Wildman–Crippen MR) is 62.2 cm³/mol. The van der Waals surface area contributed by atoms with Crippen molar-refractivity contribution in [3.63, 3.8) is 0 Å². The first-order chi connectivity index (χ1) is 7.13. The number of rotatable bonds is 2. The molecule has 2 rings (SSSR count). The molecule has 84 valence electrons. The Bertz CT molecular complexity index is 354. The minimum atomic E-state index is 0.420. The van der Waals surface area contributed by atoms with Gasteiger partial charge in [0.1, 0.15) is 5.82 Å². The zero-order chi connectivity index (χ0) is 11.0. The third kappa shape index (κ3) is 1.74. The number of aromatic nitrogens is 2. The van der Waals surface area contributed by atoms with Crippen LogP contribution in [0.5, 0.6) is 0 Å². The highest BCUT2D eigenvalue weighted by Crippen LogP contribution is 2.27. The lowest BCUT2D eigenvalue weighted by atomic mass is 10.1. The van der Waals surface area contributed by atoms with Gasteiger partial charge in [-0.2, -0.15) is 5.10 Å². The quantitative estimate of drug-likeness (QED) is 0.799. The SMILES string of the molecule is CNc1c2c(nn1C(C)C)CCN(C)C2. The summed E-state index contributed by atoms with van der Waals surface area (Å²) in [6.07, 6.45) is 1.07. The van der Waals surface area contributed by atoms with Crippen molar-refractivity contribution in [2.24, 2.45) is 0 Å². The Morgan fingerprint density at radius 3 is 2.73 bits per heavy atom. The van der Waals surface area contributed by atoms with E-state index in [1.165, 1.54) is 17.1 Å². The van der Waals surface area contributed by atoms with Gasteiger partial charge in [-0.05, 0) is 20.9 Å². The van der Waals surface area contributed by atoms with Crippen molar-refractivity contribution in [3.8, 4) is 0 Å². The van der Waals surface area contributed by atoms with Crippen LogP contribution < -0.4 is 5.32 Å². The lowest BCUT2D eigenvalue weighted by molar-refractivity contribution is 0.312. The molecule has 0 amide bonds. The van der Waals surface area contributed by atoms with Gasteiger partial charge in [-0.3, -0.25) is 0 Å². The Kier molecular flexibility index (Phi) is 2.69. The van der Waals surface area contributed by atoms with Gasteiger partial charge in [-0.15, -0.1) is 0 Å². The van der Waals surface area contributed by atoms with Crippen LogP contribution in [0.2, 0.25) is 0 Å².